The highest BCUT2D eigenvalue weighted by Gasteiger charge is 2.03. The van der Waals surface area contributed by atoms with Gasteiger partial charge in [-0.2, -0.15) is 5.10 Å². The third-order valence-electron chi connectivity index (χ3n) is 2.47. The highest BCUT2D eigenvalue weighted by atomic mass is 16.1. The topological polar surface area (TPSA) is 46.9 Å². The molecular formula is C14H13N3O. The first-order chi connectivity index (χ1) is 8.79. The van der Waals surface area contributed by atoms with Gasteiger partial charge in [-0.05, 0) is 23.8 Å². The Bertz CT molecular complexity index is 550. The molecule has 1 amide bonds. The van der Waals surface area contributed by atoms with Crippen LogP contribution in [0.5, 0.6) is 0 Å². The lowest BCUT2D eigenvalue weighted by Gasteiger charge is -2.04. The molecule has 0 aliphatic heterocycles. The number of nitrogens with one attached hydrogen (secondary N) is 1. The van der Waals surface area contributed by atoms with Gasteiger partial charge in [-0.15, -0.1) is 6.42 Å². The molecule has 4 heteroatoms. The van der Waals surface area contributed by atoms with Crippen LogP contribution < -0.4 is 5.32 Å². The number of rotatable bonds is 4. The van der Waals surface area contributed by atoms with E-state index in [4.69, 9.17) is 6.42 Å². The molecule has 0 fully saturated rings. The number of hydrogen-bond acceptors (Lipinski definition) is 2. The minimum Gasteiger partial charge on any atom is -0.341 e. The zero-order valence-electron chi connectivity index (χ0n) is 9.84. The van der Waals surface area contributed by atoms with Gasteiger partial charge in [0.05, 0.1) is 13.1 Å². The first kappa shape index (κ1) is 11.9. The van der Waals surface area contributed by atoms with Crippen molar-refractivity contribution < 1.29 is 4.79 Å². The van der Waals surface area contributed by atoms with Gasteiger partial charge in [0, 0.05) is 18.0 Å². The number of amides is 1. The van der Waals surface area contributed by atoms with E-state index >= 15 is 0 Å². The van der Waals surface area contributed by atoms with Gasteiger partial charge in [-0.3, -0.25) is 9.48 Å². The predicted molar refractivity (Wildman–Crippen MR) is 68.9 cm³/mol. The summed E-state index contributed by atoms with van der Waals surface area (Å²) >= 11 is 0. The molecular weight excluding hydrogens is 226 g/mol. The Morgan fingerprint density at radius 3 is 2.78 bits per heavy atom. The standard InChI is InChI=1S/C14H13N3O/c1-2-8-15-14(18)13-6-4-12(5-7-13)11-17-10-3-9-16-17/h1,3-7,9-10H,8,11H2,(H,15,18). The summed E-state index contributed by atoms with van der Waals surface area (Å²) in [6.07, 6.45) is 8.71. The number of terminal acetylenes is 1. The van der Waals surface area contributed by atoms with Gasteiger partial charge >= 0.3 is 0 Å². The lowest BCUT2D eigenvalue weighted by Crippen LogP contribution is -2.23. The first-order valence-corrected chi connectivity index (χ1v) is 5.57. The van der Waals surface area contributed by atoms with Crippen molar-refractivity contribution in [2.45, 2.75) is 6.54 Å². The van der Waals surface area contributed by atoms with Crippen molar-refractivity contribution in [1.82, 2.24) is 15.1 Å². The Hall–Kier alpha value is -2.54. The van der Waals surface area contributed by atoms with Crippen LogP contribution >= 0.6 is 0 Å². The minimum atomic E-state index is -0.154. The van der Waals surface area contributed by atoms with Crippen LogP contribution in [0, 0.1) is 12.3 Å². The first-order valence-electron chi connectivity index (χ1n) is 5.57. The second-order valence-electron chi connectivity index (χ2n) is 3.79. The van der Waals surface area contributed by atoms with Gasteiger partial charge < -0.3 is 5.32 Å². The van der Waals surface area contributed by atoms with Crippen LogP contribution in [0.1, 0.15) is 15.9 Å². The molecule has 0 saturated heterocycles. The second-order valence-corrected chi connectivity index (χ2v) is 3.79. The van der Waals surface area contributed by atoms with Gasteiger partial charge in [0.2, 0.25) is 0 Å². The molecule has 0 spiro atoms. The fourth-order valence-corrected chi connectivity index (χ4v) is 1.58. The van der Waals surface area contributed by atoms with E-state index in [-0.39, 0.29) is 12.5 Å². The van der Waals surface area contributed by atoms with Crippen LogP contribution in [0.15, 0.2) is 42.7 Å². The number of carbonyl (C=O) groups is 1. The van der Waals surface area contributed by atoms with Crippen molar-refractivity contribution in [3.8, 4) is 12.3 Å². The molecule has 0 unspecified atom stereocenters. The van der Waals surface area contributed by atoms with E-state index in [0.717, 1.165) is 5.56 Å². The van der Waals surface area contributed by atoms with E-state index in [1.165, 1.54) is 0 Å². The van der Waals surface area contributed by atoms with Gasteiger partial charge in [-0.1, -0.05) is 18.1 Å². The van der Waals surface area contributed by atoms with Crippen LogP contribution in [0.25, 0.3) is 0 Å². The van der Waals surface area contributed by atoms with E-state index < -0.39 is 0 Å². The van der Waals surface area contributed by atoms with Crippen LogP contribution in [0.2, 0.25) is 0 Å². The molecule has 1 aromatic carbocycles. The highest BCUT2D eigenvalue weighted by Crippen LogP contribution is 2.06. The van der Waals surface area contributed by atoms with Gasteiger partial charge in [-0.25, -0.2) is 0 Å². The number of benzene rings is 1. The summed E-state index contributed by atoms with van der Waals surface area (Å²) in [6.45, 7) is 0.938. The summed E-state index contributed by atoms with van der Waals surface area (Å²) in [4.78, 5) is 11.6. The molecule has 2 rings (SSSR count). The summed E-state index contributed by atoms with van der Waals surface area (Å²) in [5.74, 6) is 2.21. The average Bonchev–Trinajstić information content (AvgIpc) is 2.89. The summed E-state index contributed by atoms with van der Waals surface area (Å²) in [6, 6.07) is 9.26. The molecule has 2 aromatic rings. The molecule has 0 aliphatic rings. The van der Waals surface area contributed by atoms with E-state index in [0.29, 0.717) is 12.1 Å². The summed E-state index contributed by atoms with van der Waals surface area (Å²) in [7, 11) is 0. The maximum atomic E-state index is 11.6. The molecule has 0 saturated carbocycles. The lowest BCUT2D eigenvalue weighted by molar-refractivity contribution is 0.0958. The average molecular weight is 239 g/mol. The fraction of sp³-hybridized carbons (Fsp3) is 0.143. The van der Waals surface area contributed by atoms with Crippen LogP contribution in [-0.2, 0) is 6.54 Å². The summed E-state index contributed by atoms with van der Waals surface area (Å²) < 4.78 is 1.83. The number of aromatic nitrogens is 2. The van der Waals surface area contributed by atoms with Crippen molar-refractivity contribution >= 4 is 5.91 Å². The van der Waals surface area contributed by atoms with Crippen molar-refractivity contribution in [2.24, 2.45) is 0 Å². The van der Waals surface area contributed by atoms with Crippen molar-refractivity contribution in [2.75, 3.05) is 6.54 Å². The zero-order valence-corrected chi connectivity index (χ0v) is 9.84. The monoisotopic (exact) mass is 239 g/mol. The number of carbonyl (C=O) groups excluding carboxylic acids is 1. The minimum absolute atomic E-state index is 0.154. The lowest BCUT2D eigenvalue weighted by atomic mass is 10.1. The molecule has 18 heavy (non-hydrogen) atoms. The molecule has 1 heterocycles. The highest BCUT2D eigenvalue weighted by molar-refractivity contribution is 5.94. The van der Waals surface area contributed by atoms with E-state index in [2.05, 4.69) is 16.3 Å². The number of nitrogens with zero attached hydrogens (tertiary/aromatic N) is 2. The Morgan fingerprint density at radius 1 is 1.39 bits per heavy atom. The van der Waals surface area contributed by atoms with E-state index in [1.807, 2.05) is 29.1 Å². The van der Waals surface area contributed by atoms with Crippen LogP contribution in [-0.4, -0.2) is 22.2 Å². The van der Waals surface area contributed by atoms with Crippen molar-refractivity contribution in [3.05, 3.63) is 53.9 Å². The number of hydrogen-bond donors (Lipinski definition) is 1. The third kappa shape index (κ3) is 2.98. The van der Waals surface area contributed by atoms with E-state index in [9.17, 15) is 4.79 Å². The molecule has 1 aromatic heterocycles. The summed E-state index contributed by atoms with van der Waals surface area (Å²) in [5, 5.41) is 6.75. The van der Waals surface area contributed by atoms with Crippen LogP contribution in [0.3, 0.4) is 0 Å². The predicted octanol–water partition coefficient (Wildman–Crippen LogP) is 1.29. The molecule has 1 N–H and O–H groups in total. The van der Waals surface area contributed by atoms with Gasteiger partial charge in [0.1, 0.15) is 0 Å². The molecule has 90 valence electrons. The normalized spacial score (nSPS) is 9.72. The SMILES string of the molecule is C#CCNC(=O)c1ccc(Cn2cccn2)cc1. The molecule has 4 nitrogen and oxygen atoms in total. The van der Waals surface area contributed by atoms with Crippen LogP contribution in [0.4, 0.5) is 0 Å². The van der Waals surface area contributed by atoms with E-state index in [1.54, 1.807) is 18.3 Å². The summed E-state index contributed by atoms with van der Waals surface area (Å²) in [5.41, 5.74) is 1.70. The third-order valence-corrected chi connectivity index (χ3v) is 2.47. The van der Waals surface area contributed by atoms with Crippen molar-refractivity contribution in [1.29, 1.82) is 0 Å². The maximum absolute atomic E-state index is 11.6. The zero-order chi connectivity index (χ0) is 12.8. The second kappa shape index (κ2) is 5.69. The Balaban J connectivity index is 2.01. The largest absolute Gasteiger partial charge is 0.341 e. The smallest absolute Gasteiger partial charge is 0.252 e. The Labute approximate surface area is 106 Å². The van der Waals surface area contributed by atoms with Gasteiger partial charge in [0.25, 0.3) is 5.91 Å². The van der Waals surface area contributed by atoms with Crippen molar-refractivity contribution in [3.63, 3.8) is 0 Å². The maximum Gasteiger partial charge on any atom is 0.252 e. The fourth-order valence-electron chi connectivity index (χ4n) is 1.58. The van der Waals surface area contributed by atoms with Gasteiger partial charge in [0.15, 0.2) is 0 Å². The molecule has 0 atom stereocenters. The molecule has 0 aliphatic carbocycles. The Morgan fingerprint density at radius 2 is 2.17 bits per heavy atom. The molecule has 0 radical (unpaired) electrons. The molecule has 0 bridgehead atoms. The quantitative estimate of drug-likeness (QED) is 0.817. The Kier molecular flexibility index (Phi) is 3.77.